The third-order valence-electron chi connectivity index (χ3n) is 5.93. The molecule has 2 unspecified atom stereocenters. The summed E-state index contributed by atoms with van der Waals surface area (Å²) >= 11 is 0. The number of nitrogens with one attached hydrogen (secondary N) is 1. The van der Waals surface area contributed by atoms with Crippen LogP contribution >= 0.6 is 0 Å². The molecule has 5 heteroatoms. The number of carbonyl (C=O) groups is 2. The Kier molecular flexibility index (Phi) is 6.40. The number of ether oxygens (including phenoxy) is 2. The summed E-state index contributed by atoms with van der Waals surface area (Å²) in [5, 5.41) is 2.99. The zero-order chi connectivity index (χ0) is 21.8. The van der Waals surface area contributed by atoms with Crippen LogP contribution < -0.4 is 14.8 Å². The summed E-state index contributed by atoms with van der Waals surface area (Å²) in [6, 6.07) is 15.7. The molecule has 0 radical (unpaired) electrons. The topological polar surface area (TPSA) is 64.6 Å². The first kappa shape index (κ1) is 21.2. The van der Waals surface area contributed by atoms with Gasteiger partial charge < -0.3 is 14.8 Å². The average Bonchev–Trinajstić information content (AvgIpc) is 2.77. The minimum Gasteiger partial charge on any atom is -0.494 e. The average molecular weight is 420 g/mol. The third-order valence-corrected chi connectivity index (χ3v) is 5.93. The molecule has 5 nitrogen and oxygen atoms in total. The zero-order valence-corrected chi connectivity index (χ0v) is 18.1. The molecule has 0 bridgehead atoms. The van der Waals surface area contributed by atoms with Crippen molar-refractivity contribution in [3.63, 3.8) is 0 Å². The van der Waals surface area contributed by atoms with Gasteiger partial charge in [-0.3, -0.25) is 9.59 Å². The molecule has 1 amide bonds. The minimum absolute atomic E-state index is 0.0395. The summed E-state index contributed by atoms with van der Waals surface area (Å²) in [7, 11) is 0. The number of benzene rings is 2. The number of hydrogen-bond donors (Lipinski definition) is 1. The number of allylic oxidation sites excluding steroid dienone is 2. The van der Waals surface area contributed by atoms with Gasteiger partial charge in [-0.05, 0) is 61.1 Å². The summed E-state index contributed by atoms with van der Waals surface area (Å²) in [5.41, 5.74) is 3.58. The SMILES string of the molecule is CCCOc1ccc(C2CC(=O)C3=C(C2)NC(=O)CC3c2cccc(OCC)c2)cc1. The summed E-state index contributed by atoms with van der Waals surface area (Å²) in [6.07, 6.45) is 2.35. The van der Waals surface area contributed by atoms with Crippen molar-refractivity contribution in [2.75, 3.05) is 13.2 Å². The van der Waals surface area contributed by atoms with Gasteiger partial charge in [0.2, 0.25) is 5.91 Å². The second-order valence-corrected chi connectivity index (χ2v) is 8.15. The van der Waals surface area contributed by atoms with Crippen molar-refractivity contribution in [1.29, 1.82) is 0 Å². The third kappa shape index (κ3) is 4.66. The fraction of sp³-hybridized carbons (Fsp3) is 0.385. The molecule has 1 aliphatic carbocycles. The van der Waals surface area contributed by atoms with Gasteiger partial charge in [0.05, 0.1) is 13.2 Å². The molecule has 0 spiro atoms. The Bertz CT molecular complexity index is 993. The van der Waals surface area contributed by atoms with E-state index in [4.69, 9.17) is 9.47 Å². The molecular formula is C26H29NO4. The smallest absolute Gasteiger partial charge is 0.225 e. The number of hydrogen-bond acceptors (Lipinski definition) is 4. The van der Waals surface area contributed by atoms with E-state index < -0.39 is 0 Å². The van der Waals surface area contributed by atoms with Crippen molar-refractivity contribution in [3.05, 3.63) is 70.9 Å². The summed E-state index contributed by atoms with van der Waals surface area (Å²) in [5.74, 6) is 1.52. The lowest BCUT2D eigenvalue weighted by atomic mass is 9.73. The molecule has 2 atom stereocenters. The van der Waals surface area contributed by atoms with E-state index in [1.807, 2.05) is 55.5 Å². The summed E-state index contributed by atoms with van der Waals surface area (Å²) in [4.78, 5) is 25.8. The van der Waals surface area contributed by atoms with E-state index in [0.717, 1.165) is 40.3 Å². The van der Waals surface area contributed by atoms with E-state index in [2.05, 4.69) is 12.2 Å². The Morgan fingerprint density at radius 2 is 1.71 bits per heavy atom. The predicted molar refractivity (Wildman–Crippen MR) is 119 cm³/mol. The van der Waals surface area contributed by atoms with Crippen LogP contribution in [0.15, 0.2) is 59.8 Å². The standard InChI is InChI=1S/C26H29NO4/c1-3-12-31-20-10-8-17(9-11-20)19-14-23-26(24(28)15-19)22(16-25(29)27-23)18-6-5-7-21(13-18)30-4-2/h5-11,13,19,22H,3-4,12,14-16H2,1-2H3,(H,27,29). The van der Waals surface area contributed by atoms with Crippen molar-refractivity contribution in [2.24, 2.45) is 0 Å². The number of carbonyl (C=O) groups excluding carboxylic acids is 2. The van der Waals surface area contributed by atoms with Crippen LogP contribution in [0.3, 0.4) is 0 Å². The second-order valence-electron chi connectivity index (χ2n) is 8.15. The highest BCUT2D eigenvalue weighted by molar-refractivity contribution is 6.02. The predicted octanol–water partition coefficient (Wildman–Crippen LogP) is 4.88. The molecule has 1 N–H and O–H groups in total. The Balaban J connectivity index is 1.60. The van der Waals surface area contributed by atoms with E-state index in [1.165, 1.54) is 0 Å². The van der Waals surface area contributed by atoms with Crippen molar-refractivity contribution in [1.82, 2.24) is 5.32 Å². The molecule has 0 saturated heterocycles. The van der Waals surface area contributed by atoms with Gasteiger partial charge >= 0.3 is 0 Å². The molecular weight excluding hydrogens is 390 g/mol. The van der Waals surface area contributed by atoms with E-state index >= 15 is 0 Å². The molecule has 1 heterocycles. The Morgan fingerprint density at radius 1 is 0.903 bits per heavy atom. The highest BCUT2D eigenvalue weighted by atomic mass is 16.5. The van der Waals surface area contributed by atoms with E-state index in [-0.39, 0.29) is 29.9 Å². The number of ketones is 1. The molecule has 0 fully saturated rings. The monoisotopic (exact) mass is 419 g/mol. The van der Waals surface area contributed by atoms with Crippen molar-refractivity contribution >= 4 is 11.7 Å². The van der Waals surface area contributed by atoms with Gasteiger partial charge in [0.15, 0.2) is 5.78 Å². The van der Waals surface area contributed by atoms with Crippen LogP contribution in [0.25, 0.3) is 0 Å². The van der Waals surface area contributed by atoms with E-state index in [1.54, 1.807) is 0 Å². The lowest BCUT2D eigenvalue weighted by Crippen LogP contribution is -2.38. The second kappa shape index (κ2) is 9.38. The van der Waals surface area contributed by atoms with Gasteiger partial charge in [-0.1, -0.05) is 31.2 Å². The van der Waals surface area contributed by atoms with Crippen molar-refractivity contribution in [2.45, 2.75) is 51.4 Å². The van der Waals surface area contributed by atoms with E-state index in [0.29, 0.717) is 26.1 Å². The van der Waals surface area contributed by atoms with Crippen LogP contribution in [-0.2, 0) is 9.59 Å². The lowest BCUT2D eigenvalue weighted by molar-refractivity contribution is -0.122. The van der Waals surface area contributed by atoms with Gasteiger partial charge in [0.25, 0.3) is 0 Å². The Hall–Kier alpha value is -3.08. The van der Waals surface area contributed by atoms with Crippen LogP contribution in [0.4, 0.5) is 0 Å². The quantitative estimate of drug-likeness (QED) is 0.695. The summed E-state index contributed by atoms with van der Waals surface area (Å²) < 4.78 is 11.3. The van der Waals surface area contributed by atoms with Crippen molar-refractivity contribution in [3.8, 4) is 11.5 Å². The van der Waals surface area contributed by atoms with Crippen LogP contribution in [0.5, 0.6) is 11.5 Å². The maximum absolute atomic E-state index is 13.3. The summed E-state index contributed by atoms with van der Waals surface area (Å²) in [6.45, 7) is 5.28. The van der Waals surface area contributed by atoms with Gasteiger partial charge in [0, 0.05) is 30.0 Å². The molecule has 2 aliphatic rings. The Labute approximate surface area is 183 Å². The van der Waals surface area contributed by atoms with Gasteiger partial charge in [-0.2, -0.15) is 0 Å². The van der Waals surface area contributed by atoms with Crippen LogP contribution in [0.2, 0.25) is 0 Å². The first-order valence-electron chi connectivity index (χ1n) is 11.1. The molecule has 31 heavy (non-hydrogen) atoms. The largest absolute Gasteiger partial charge is 0.494 e. The normalized spacial score (nSPS) is 20.8. The van der Waals surface area contributed by atoms with Gasteiger partial charge in [-0.25, -0.2) is 0 Å². The molecule has 4 rings (SSSR count). The lowest BCUT2D eigenvalue weighted by Gasteiger charge is -2.34. The highest BCUT2D eigenvalue weighted by Crippen LogP contribution is 2.43. The van der Waals surface area contributed by atoms with Crippen LogP contribution in [0, 0.1) is 0 Å². The molecule has 1 aliphatic heterocycles. The zero-order valence-electron chi connectivity index (χ0n) is 18.1. The molecule has 0 aromatic heterocycles. The maximum atomic E-state index is 13.3. The number of amides is 1. The van der Waals surface area contributed by atoms with Crippen LogP contribution in [0.1, 0.15) is 62.5 Å². The van der Waals surface area contributed by atoms with Gasteiger partial charge in [0.1, 0.15) is 11.5 Å². The van der Waals surface area contributed by atoms with Crippen molar-refractivity contribution < 1.29 is 19.1 Å². The highest BCUT2D eigenvalue weighted by Gasteiger charge is 2.38. The fourth-order valence-electron chi connectivity index (χ4n) is 4.52. The number of rotatable bonds is 7. The first-order chi connectivity index (χ1) is 15.1. The molecule has 0 saturated carbocycles. The Morgan fingerprint density at radius 3 is 2.45 bits per heavy atom. The van der Waals surface area contributed by atoms with E-state index in [9.17, 15) is 9.59 Å². The maximum Gasteiger partial charge on any atom is 0.225 e. The number of Topliss-reactive ketones (excluding diaryl/α,β-unsaturated/α-hetero) is 1. The molecule has 2 aromatic carbocycles. The van der Waals surface area contributed by atoms with Crippen LogP contribution in [-0.4, -0.2) is 24.9 Å². The molecule has 2 aromatic rings. The first-order valence-corrected chi connectivity index (χ1v) is 11.1. The molecule has 162 valence electrons. The van der Waals surface area contributed by atoms with Gasteiger partial charge in [-0.15, -0.1) is 0 Å². The fourth-order valence-corrected chi connectivity index (χ4v) is 4.52. The minimum atomic E-state index is -0.220.